The van der Waals surface area contributed by atoms with Crippen molar-refractivity contribution in [3.63, 3.8) is 0 Å². The molecule has 0 bridgehead atoms. The monoisotopic (exact) mass is 423 g/mol. The van der Waals surface area contributed by atoms with E-state index in [4.69, 9.17) is 9.47 Å². The van der Waals surface area contributed by atoms with E-state index in [9.17, 15) is 14.7 Å². The van der Waals surface area contributed by atoms with Crippen molar-refractivity contribution in [2.24, 2.45) is 5.92 Å². The second-order valence-corrected chi connectivity index (χ2v) is 7.97. The molecule has 0 radical (unpaired) electrons. The van der Waals surface area contributed by atoms with E-state index >= 15 is 0 Å². The van der Waals surface area contributed by atoms with Crippen LogP contribution in [-0.2, 0) is 16.1 Å². The fourth-order valence-electron chi connectivity index (χ4n) is 3.80. The van der Waals surface area contributed by atoms with E-state index in [1.54, 1.807) is 7.11 Å². The zero-order valence-corrected chi connectivity index (χ0v) is 18.4. The van der Waals surface area contributed by atoms with Gasteiger partial charge in [-0.05, 0) is 48.2 Å². The minimum atomic E-state index is -0.679. The van der Waals surface area contributed by atoms with Crippen molar-refractivity contribution < 1.29 is 24.2 Å². The molecule has 1 aliphatic rings. The maximum atomic E-state index is 13.0. The number of hydrogen-bond donors (Lipinski definition) is 1. The SMILES string of the molecule is CCOc1cccc(C2C(C(=O)CC(C)C)=C(O)C(=O)N2Cc2ccc(OC)cc2)c1. The van der Waals surface area contributed by atoms with Crippen LogP contribution >= 0.6 is 0 Å². The maximum absolute atomic E-state index is 13.0. The largest absolute Gasteiger partial charge is 0.503 e. The highest BCUT2D eigenvalue weighted by Crippen LogP contribution is 2.40. The van der Waals surface area contributed by atoms with Gasteiger partial charge in [-0.2, -0.15) is 0 Å². The molecule has 0 spiro atoms. The van der Waals surface area contributed by atoms with Gasteiger partial charge in [0.05, 0.1) is 25.3 Å². The van der Waals surface area contributed by atoms with Crippen molar-refractivity contribution in [3.8, 4) is 11.5 Å². The average Bonchev–Trinajstić information content (AvgIpc) is 2.99. The second kappa shape index (κ2) is 9.69. The van der Waals surface area contributed by atoms with Gasteiger partial charge in [-0.1, -0.05) is 38.1 Å². The Hall–Kier alpha value is -3.28. The molecule has 1 amide bonds. The van der Waals surface area contributed by atoms with Gasteiger partial charge in [0.1, 0.15) is 11.5 Å². The summed E-state index contributed by atoms with van der Waals surface area (Å²) in [6.45, 7) is 6.51. The van der Waals surface area contributed by atoms with Gasteiger partial charge in [0.2, 0.25) is 0 Å². The topological polar surface area (TPSA) is 76.1 Å². The molecule has 0 saturated heterocycles. The predicted molar refractivity (Wildman–Crippen MR) is 118 cm³/mol. The third kappa shape index (κ3) is 4.90. The molecule has 0 aromatic heterocycles. The van der Waals surface area contributed by atoms with Crippen LogP contribution in [0.2, 0.25) is 0 Å². The molecule has 2 aromatic rings. The number of ether oxygens (including phenoxy) is 2. The fraction of sp³-hybridized carbons (Fsp3) is 0.360. The van der Waals surface area contributed by atoms with E-state index in [0.717, 1.165) is 11.1 Å². The lowest BCUT2D eigenvalue weighted by atomic mass is 9.92. The molecule has 0 fully saturated rings. The standard InChI is InChI=1S/C25H29NO5/c1-5-31-20-8-6-7-18(14-20)23-22(21(27)13-16(2)3)24(28)25(29)26(23)15-17-9-11-19(30-4)12-10-17/h6-12,14,16,23,28H,5,13,15H2,1-4H3. The van der Waals surface area contributed by atoms with Crippen LogP contribution in [0.3, 0.4) is 0 Å². The van der Waals surface area contributed by atoms with Gasteiger partial charge in [-0.25, -0.2) is 0 Å². The number of hydrogen-bond acceptors (Lipinski definition) is 5. The predicted octanol–water partition coefficient (Wildman–Crippen LogP) is 4.60. The first-order valence-corrected chi connectivity index (χ1v) is 10.5. The Labute approximate surface area is 183 Å². The molecule has 31 heavy (non-hydrogen) atoms. The number of amides is 1. The van der Waals surface area contributed by atoms with Crippen LogP contribution in [0, 0.1) is 5.92 Å². The van der Waals surface area contributed by atoms with Crippen molar-refractivity contribution in [3.05, 3.63) is 71.0 Å². The highest BCUT2D eigenvalue weighted by Gasteiger charge is 2.43. The molecule has 6 nitrogen and oxygen atoms in total. The van der Waals surface area contributed by atoms with Crippen LogP contribution in [0.15, 0.2) is 59.9 Å². The number of carbonyl (C=O) groups excluding carboxylic acids is 2. The molecule has 0 aliphatic carbocycles. The molecule has 1 unspecified atom stereocenters. The summed E-state index contributed by atoms with van der Waals surface area (Å²) in [6.07, 6.45) is 0.255. The van der Waals surface area contributed by atoms with E-state index < -0.39 is 17.7 Å². The van der Waals surface area contributed by atoms with Crippen molar-refractivity contribution >= 4 is 11.7 Å². The summed E-state index contributed by atoms with van der Waals surface area (Å²) < 4.78 is 10.8. The molecule has 1 atom stereocenters. The lowest BCUT2D eigenvalue weighted by Crippen LogP contribution is -2.30. The van der Waals surface area contributed by atoms with E-state index in [2.05, 4.69) is 0 Å². The summed E-state index contributed by atoms with van der Waals surface area (Å²) in [6, 6.07) is 14.0. The van der Waals surface area contributed by atoms with Crippen LogP contribution < -0.4 is 9.47 Å². The molecular weight excluding hydrogens is 394 g/mol. The van der Waals surface area contributed by atoms with Crippen LogP contribution in [0.4, 0.5) is 0 Å². The molecule has 6 heteroatoms. The van der Waals surface area contributed by atoms with E-state index in [1.807, 2.05) is 69.3 Å². The van der Waals surface area contributed by atoms with Gasteiger partial charge in [0.25, 0.3) is 5.91 Å². The normalized spacial score (nSPS) is 16.2. The Morgan fingerprint density at radius 1 is 1.13 bits per heavy atom. The summed E-state index contributed by atoms with van der Waals surface area (Å²) in [5, 5.41) is 10.7. The zero-order valence-electron chi connectivity index (χ0n) is 18.4. The van der Waals surface area contributed by atoms with E-state index in [1.165, 1.54) is 4.90 Å². The molecule has 1 N–H and O–H groups in total. The summed E-state index contributed by atoms with van der Waals surface area (Å²) in [7, 11) is 1.59. The van der Waals surface area contributed by atoms with Crippen molar-refractivity contribution in [2.45, 2.75) is 39.8 Å². The first-order chi connectivity index (χ1) is 14.8. The molecule has 3 rings (SSSR count). The number of aliphatic hydroxyl groups excluding tert-OH is 1. The van der Waals surface area contributed by atoms with Gasteiger partial charge in [0.15, 0.2) is 11.5 Å². The Morgan fingerprint density at radius 3 is 2.45 bits per heavy atom. The number of methoxy groups -OCH3 is 1. The van der Waals surface area contributed by atoms with Crippen LogP contribution in [0.5, 0.6) is 11.5 Å². The number of aliphatic hydroxyl groups is 1. The molecule has 1 heterocycles. The van der Waals surface area contributed by atoms with Gasteiger partial charge in [0, 0.05) is 13.0 Å². The molecule has 164 valence electrons. The Balaban J connectivity index is 2.03. The third-order valence-electron chi connectivity index (χ3n) is 5.19. The van der Waals surface area contributed by atoms with E-state index in [-0.39, 0.29) is 30.2 Å². The zero-order chi connectivity index (χ0) is 22.5. The number of ketones is 1. The summed E-state index contributed by atoms with van der Waals surface area (Å²) >= 11 is 0. The minimum absolute atomic E-state index is 0.106. The lowest BCUT2D eigenvalue weighted by molar-refractivity contribution is -0.130. The molecule has 1 aliphatic heterocycles. The second-order valence-electron chi connectivity index (χ2n) is 7.97. The van der Waals surface area contributed by atoms with Crippen LogP contribution in [0.1, 0.15) is 44.4 Å². The number of carbonyl (C=O) groups is 2. The number of nitrogens with zero attached hydrogens (tertiary/aromatic N) is 1. The Morgan fingerprint density at radius 2 is 1.84 bits per heavy atom. The number of Topliss-reactive ketones (excluding diaryl/α,β-unsaturated/α-hetero) is 1. The van der Waals surface area contributed by atoms with Gasteiger partial charge < -0.3 is 19.5 Å². The van der Waals surface area contributed by atoms with E-state index in [0.29, 0.717) is 18.1 Å². The first-order valence-electron chi connectivity index (χ1n) is 10.5. The summed E-state index contributed by atoms with van der Waals surface area (Å²) in [5.41, 5.74) is 1.75. The number of rotatable bonds is 9. The van der Waals surface area contributed by atoms with Crippen molar-refractivity contribution in [1.82, 2.24) is 4.90 Å². The Kier molecular flexibility index (Phi) is 7.00. The minimum Gasteiger partial charge on any atom is -0.503 e. The smallest absolute Gasteiger partial charge is 0.290 e. The first kappa shape index (κ1) is 22.4. The molecular formula is C25H29NO5. The van der Waals surface area contributed by atoms with Gasteiger partial charge in [-0.15, -0.1) is 0 Å². The number of benzene rings is 2. The summed E-state index contributed by atoms with van der Waals surface area (Å²) in [5.74, 6) is 0.240. The van der Waals surface area contributed by atoms with Gasteiger partial charge >= 0.3 is 0 Å². The quantitative estimate of drug-likeness (QED) is 0.638. The molecule has 2 aromatic carbocycles. The maximum Gasteiger partial charge on any atom is 0.290 e. The highest BCUT2D eigenvalue weighted by atomic mass is 16.5. The Bertz CT molecular complexity index is 978. The summed E-state index contributed by atoms with van der Waals surface area (Å²) in [4.78, 5) is 27.6. The van der Waals surface area contributed by atoms with Crippen LogP contribution in [0.25, 0.3) is 0 Å². The van der Waals surface area contributed by atoms with Crippen molar-refractivity contribution in [2.75, 3.05) is 13.7 Å². The molecule has 0 saturated carbocycles. The van der Waals surface area contributed by atoms with Crippen molar-refractivity contribution in [1.29, 1.82) is 0 Å². The highest BCUT2D eigenvalue weighted by molar-refractivity contribution is 6.09. The average molecular weight is 424 g/mol. The van der Waals surface area contributed by atoms with Gasteiger partial charge in [-0.3, -0.25) is 9.59 Å². The third-order valence-corrected chi connectivity index (χ3v) is 5.19. The van der Waals surface area contributed by atoms with Crippen LogP contribution in [-0.4, -0.2) is 35.4 Å². The lowest BCUT2D eigenvalue weighted by Gasteiger charge is -2.27. The fourth-order valence-corrected chi connectivity index (χ4v) is 3.80.